The summed E-state index contributed by atoms with van der Waals surface area (Å²) in [7, 11) is -3.98. The number of benzene rings is 8. The van der Waals surface area contributed by atoms with Crippen LogP contribution in [0, 0.1) is 5.92 Å². The fourth-order valence-corrected chi connectivity index (χ4v) is 10.4. The SMILES string of the molecule is CC(C)Cc1cc(Op2oc3ccccc3c3ccccc3o2)c(-c2c(Op3oc4ccccc4c4ccccc4o3)cc(C(C)(C)C)c3ccccc23)c2ccccc12. The molecule has 0 amide bonds. The molecule has 2 aromatic heterocycles. The van der Waals surface area contributed by atoms with Gasteiger partial charge in [-0.1, -0.05) is 156 Å². The molecule has 0 saturated heterocycles. The van der Waals surface area contributed by atoms with Gasteiger partial charge in [0.15, 0.2) is 0 Å². The Morgan fingerprint density at radius 1 is 0.433 bits per heavy atom. The van der Waals surface area contributed by atoms with E-state index in [1.807, 2.05) is 72.8 Å². The average Bonchev–Trinajstić information content (AvgIpc) is 3.50. The van der Waals surface area contributed by atoms with Crippen molar-refractivity contribution in [2.24, 2.45) is 5.92 Å². The second kappa shape index (κ2) is 15.4. The molecule has 0 saturated carbocycles. The molecule has 0 aliphatic heterocycles. The molecule has 0 aliphatic rings. The highest BCUT2D eigenvalue weighted by molar-refractivity contribution is 7.32. The van der Waals surface area contributed by atoms with E-state index in [1.54, 1.807) is 0 Å². The number of hydrogen-bond acceptors (Lipinski definition) is 6. The Hall–Kier alpha value is -6.32. The van der Waals surface area contributed by atoms with E-state index < -0.39 is 16.5 Å². The van der Waals surface area contributed by atoms with Gasteiger partial charge >= 0.3 is 16.5 Å². The molecule has 8 heteroatoms. The summed E-state index contributed by atoms with van der Waals surface area (Å²) >= 11 is 0. The number of rotatable bonds is 7. The Kier molecular flexibility index (Phi) is 9.71. The summed E-state index contributed by atoms with van der Waals surface area (Å²) in [6, 6.07) is 53.6. The van der Waals surface area contributed by atoms with Crippen molar-refractivity contribution in [1.82, 2.24) is 0 Å². The van der Waals surface area contributed by atoms with Crippen LogP contribution in [-0.4, -0.2) is 0 Å². The van der Waals surface area contributed by atoms with Crippen molar-refractivity contribution in [2.45, 2.75) is 46.5 Å². The molecule has 0 aliphatic carbocycles. The van der Waals surface area contributed by atoms with Gasteiger partial charge in [0, 0.05) is 32.7 Å². The smallest absolute Gasteiger partial charge is 0.390 e. The number of para-hydroxylation sites is 4. The fourth-order valence-electron chi connectivity index (χ4n) is 8.33. The van der Waals surface area contributed by atoms with Gasteiger partial charge < -0.3 is 25.8 Å². The third-order valence-electron chi connectivity index (χ3n) is 11.0. The van der Waals surface area contributed by atoms with E-state index >= 15 is 0 Å². The molecular formula is C52H44O6P2. The van der Waals surface area contributed by atoms with Gasteiger partial charge in [-0.05, 0) is 86.8 Å². The third kappa shape index (κ3) is 7.00. The maximum absolute atomic E-state index is 7.19. The predicted molar refractivity (Wildman–Crippen MR) is 249 cm³/mol. The van der Waals surface area contributed by atoms with Gasteiger partial charge in [-0.2, -0.15) is 0 Å². The fraction of sp³-hybridized carbons (Fsp3) is 0.154. The minimum atomic E-state index is -1.99. The number of hydrogen-bond donors (Lipinski definition) is 0. The van der Waals surface area contributed by atoms with Gasteiger partial charge in [0.25, 0.3) is 0 Å². The molecule has 0 unspecified atom stereocenters. The predicted octanol–water partition coefficient (Wildman–Crippen LogP) is 17.0. The van der Waals surface area contributed by atoms with Crippen LogP contribution in [0.15, 0.2) is 175 Å². The molecule has 0 N–H and O–H groups in total. The van der Waals surface area contributed by atoms with Crippen molar-refractivity contribution in [1.29, 1.82) is 0 Å². The molecular weight excluding hydrogens is 783 g/mol. The second-order valence-corrected chi connectivity index (χ2v) is 18.6. The lowest BCUT2D eigenvalue weighted by atomic mass is 9.80. The van der Waals surface area contributed by atoms with Crippen LogP contribution in [0.4, 0.5) is 0 Å². The Balaban J connectivity index is 1.31. The Labute approximate surface area is 350 Å². The quantitative estimate of drug-likeness (QED) is 0.159. The first kappa shape index (κ1) is 37.9. The van der Waals surface area contributed by atoms with E-state index in [-0.39, 0.29) is 5.41 Å². The molecule has 60 heavy (non-hydrogen) atoms. The van der Waals surface area contributed by atoms with Crippen molar-refractivity contribution in [2.75, 3.05) is 0 Å². The molecule has 0 bridgehead atoms. The van der Waals surface area contributed by atoms with E-state index in [0.717, 1.165) is 66.2 Å². The highest BCUT2D eigenvalue weighted by Gasteiger charge is 2.28. The first-order valence-corrected chi connectivity index (χ1v) is 22.5. The molecule has 6 nitrogen and oxygen atoms in total. The van der Waals surface area contributed by atoms with E-state index in [9.17, 15) is 0 Å². The van der Waals surface area contributed by atoms with E-state index in [1.165, 1.54) is 5.56 Å². The monoisotopic (exact) mass is 826 g/mol. The Morgan fingerprint density at radius 3 is 1.17 bits per heavy atom. The molecule has 10 aromatic rings. The Bertz CT molecular complexity index is 3220. The van der Waals surface area contributed by atoms with Crippen molar-refractivity contribution in [3.05, 3.63) is 169 Å². The van der Waals surface area contributed by atoms with Gasteiger partial charge in [-0.3, -0.25) is 0 Å². The summed E-state index contributed by atoms with van der Waals surface area (Å²) in [5, 5.41) is 8.12. The van der Waals surface area contributed by atoms with Gasteiger partial charge in [0.05, 0.1) is 0 Å². The maximum Gasteiger partial charge on any atom is 0.453 e. The normalized spacial score (nSPS) is 12.0. The van der Waals surface area contributed by atoms with Crippen LogP contribution in [-0.2, 0) is 11.8 Å². The van der Waals surface area contributed by atoms with Crippen molar-refractivity contribution >= 4 is 81.9 Å². The van der Waals surface area contributed by atoms with Crippen LogP contribution >= 0.6 is 16.5 Å². The summed E-state index contributed by atoms with van der Waals surface area (Å²) in [5.41, 5.74) is 6.62. The van der Waals surface area contributed by atoms with Crippen LogP contribution in [0.1, 0.15) is 45.7 Å². The van der Waals surface area contributed by atoms with Crippen LogP contribution < -0.4 is 9.05 Å². The minimum Gasteiger partial charge on any atom is -0.390 e. The summed E-state index contributed by atoms with van der Waals surface area (Å²) in [6.07, 6.45) is 0.849. The van der Waals surface area contributed by atoms with Gasteiger partial charge in [0.2, 0.25) is 0 Å². The molecule has 8 aromatic carbocycles. The number of fused-ring (bicyclic) bond motifs is 8. The van der Waals surface area contributed by atoms with Gasteiger partial charge in [0.1, 0.15) is 33.8 Å². The minimum absolute atomic E-state index is 0.234. The summed E-state index contributed by atoms with van der Waals surface area (Å²) in [6.45, 7) is 11.2. The lowest BCUT2D eigenvalue weighted by Crippen LogP contribution is -2.12. The van der Waals surface area contributed by atoms with Crippen molar-refractivity contribution < 1.29 is 25.8 Å². The molecule has 0 radical (unpaired) electrons. The van der Waals surface area contributed by atoms with E-state index in [4.69, 9.17) is 25.8 Å². The second-order valence-electron chi connectivity index (χ2n) is 16.6. The maximum atomic E-state index is 7.19. The molecule has 0 spiro atoms. The standard InChI is InChI=1S/C52H44O6P2/c1-33(2)30-34-31-48(57-59-53-44-26-14-10-20-37(44)38-21-11-15-27-45(38)54-59)50(41-24-8-6-18-35(34)41)51-42-25-9-7-19-36(42)43(52(3,4)5)32-49(51)58-60-55-46-28-16-12-22-39(46)40-23-13-17-29-47(40)56-60/h6-29,31-33H,30H2,1-5H3. The van der Waals surface area contributed by atoms with Crippen LogP contribution in [0.25, 0.3) is 76.5 Å². The average molecular weight is 827 g/mol. The topological polar surface area (TPSA) is 71.0 Å². The Morgan fingerprint density at radius 2 is 0.767 bits per heavy atom. The summed E-state index contributed by atoms with van der Waals surface area (Å²) < 4.78 is 41.2. The van der Waals surface area contributed by atoms with E-state index in [0.29, 0.717) is 39.7 Å². The zero-order chi connectivity index (χ0) is 41.0. The van der Waals surface area contributed by atoms with Gasteiger partial charge in [-0.25, -0.2) is 0 Å². The molecule has 10 rings (SSSR count). The zero-order valence-corrected chi connectivity index (χ0v) is 35.9. The molecule has 2 heterocycles. The first-order chi connectivity index (χ1) is 29.2. The van der Waals surface area contributed by atoms with Crippen molar-refractivity contribution in [3.63, 3.8) is 0 Å². The summed E-state index contributed by atoms with van der Waals surface area (Å²) in [4.78, 5) is 0. The lowest BCUT2D eigenvalue weighted by Gasteiger charge is -2.26. The zero-order valence-electron chi connectivity index (χ0n) is 34.1. The van der Waals surface area contributed by atoms with Gasteiger partial charge in [-0.15, -0.1) is 0 Å². The van der Waals surface area contributed by atoms with Crippen LogP contribution in [0.3, 0.4) is 0 Å². The largest absolute Gasteiger partial charge is 0.453 e. The highest BCUT2D eigenvalue weighted by Crippen LogP contribution is 2.53. The highest BCUT2D eigenvalue weighted by atomic mass is 31.1. The van der Waals surface area contributed by atoms with E-state index in [2.05, 4.69) is 120 Å². The van der Waals surface area contributed by atoms with Crippen LogP contribution in [0.2, 0.25) is 0 Å². The van der Waals surface area contributed by atoms with Crippen LogP contribution in [0.5, 0.6) is 11.5 Å². The summed E-state index contributed by atoms with van der Waals surface area (Å²) in [5.74, 6) is 1.65. The molecule has 0 atom stereocenters. The lowest BCUT2D eigenvalue weighted by molar-refractivity contribution is 0.493. The first-order valence-electron chi connectivity index (χ1n) is 20.4. The molecule has 0 fully saturated rings. The van der Waals surface area contributed by atoms with Crippen molar-refractivity contribution in [3.8, 4) is 22.6 Å². The third-order valence-corrected chi connectivity index (χ3v) is 13.0. The molecule has 298 valence electrons.